The molecule has 0 aliphatic carbocycles. The summed E-state index contributed by atoms with van der Waals surface area (Å²) in [5.74, 6) is 0. The molecule has 1 aliphatic rings. The summed E-state index contributed by atoms with van der Waals surface area (Å²) < 4.78 is 10.5. The summed E-state index contributed by atoms with van der Waals surface area (Å²) in [6, 6.07) is 0. The summed E-state index contributed by atoms with van der Waals surface area (Å²) in [5.41, 5.74) is 0. The van der Waals surface area contributed by atoms with Crippen LogP contribution in [0.3, 0.4) is 0 Å². The Bertz CT molecular complexity index is 167. The third kappa shape index (κ3) is 6.43. The maximum Gasteiger partial charge on any atom is 0.0593 e. The van der Waals surface area contributed by atoms with Crippen LogP contribution in [0, 0.1) is 0 Å². The monoisotopic (exact) mass is 230 g/mol. The van der Waals surface area contributed by atoms with Crippen molar-refractivity contribution in [3.8, 4) is 0 Å². The molecule has 1 saturated heterocycles. The molecule has 0 saturated carbocycles. The van der Waals surface area contributed by atoms with Crippen LogP contribution in [0.5, 0.6) is 0 Å². The fourth-order valence-corrected chi connectivity index (χ4v) is 1.92. The Kier molecular flexibility index (Phi) is 7.76. The molecule has 4 nitrogen and oxygen atoms in total. The number of hydrogen-bond donors (Lipinski definition) is 0. The van der Waals surface area contributed by atoms with Gasteiger partial charge in [0.15, 0.2) is 0 Å². The zero-order chi connectivity index (χ0) is 11.6. The van der Waals surface area contributed by atoms with Gasteiger partial charge in [-0.1, -0.05) is 0 Å². The molecule has 0 aromatic heterocycles. The average Bonchev–Trinajstić information content (AvgIpc) is 2.49. The summed E-state index contributed by atoms with van der Waals surface area (Å²) >= 11 is 0. The standard InChI is InChI=1S/C12H26N2O2/c1-13-5-3-6-14(8-7-13)9-12-16-11-4-10-15-2/h3-12H2,1-2H3. The van der Waals surface area contributed by atoms with Crippen LogP contribution in [0.25, 0.3) is 0 Å². The molecular formula is C12H26N2O2. The van der Waals surface area contributed by atoms with Gasteiger partial charge >= 0.3 is 0 Å². The number of nitrogens with zero attached hydrogens (tertiary/aromatic N) is 2. The van der Waals surface area contributed by atoms with E-state index in [1.807, 2.05) is 0 Å². The van der Waals surface area contributed by atoms with Gasteiger partial charge in [0.05, 0.1) is 6.61 Å². The topological polar surface area (TPSA) is 24.9 Å². The van der Waals surface area contributed by atoms with Crippen molar-refractivity contribution in [3.63, 3.8) is 0 Å². The van der Waals surface area contributed by atoms with Gasteiger partial charge in [0.25, 0.3) is 0 Å². The number of rotatable bonds is 7. The molecule has 0 amide bonds. The van der Waals surface area contributed by atoms with Crippen molar-refractivity contribution in [2.24, 2.45) is 0 Å². The molecule has 0 spiro atoms. The van der Waals surface area contributed by atoms with Crippen molar-refractivity contribution in [2.75, 3.05) is 66.7 Å². The van der Waals surface area contributed by atoms with Crippen LogP contribution >= 0.6 is 0 Å². The lowest BCUT2D eigenvalue weighted by molar-refractivity contribution is 0.0846. The van der Waals surface area contributed by atoms with E-state index >= 15 is 0 Å². The quantitative estimate of drug-likeness (QED) is 0.600. The first kappa shape index (κ1) is 13.9. The van der Waals surface area contributed by atoms with E-state index < -0.39 is 0 Å². The first-order valence-corrected chi connectivity index (χ1v) is 6.30. The second kappa shape index (κ2) is 8.93. The van der Waals surface area contributed by atoms with Crippen molar-refractivity contribution in [1.29, 1.82) is 0 Å². The largest absolute Gasteiger partial charge is 0.385 e. The summed E-state index contributed by atoms with van der Waals surface area (Å²) in [5, 5.41) is 0. The van der Waals surface area contributed by atoms with E-state index in [-0.39, 0.29) is 0 Å². The fraction of sp³-hybridized carbons (Fsp3) is 1.00. The van der Waals surface area contributed by atoms with E-state index in [1.165, 1.54) is 32.6 Å². The predicted molar refractivity (Wildman–Crippen MR) is 65.9 cm³/mol. The maximum absolute atomic E-state index is 5.57. The molecule has 0 aromatic carbocycles. The fourth-order valence-electron chi connectivity index (χ4n) is 1.92. The lowest BCUT2D eigenvalue weighted by atomic mass is 10.4. The third-order valence-electron chi connectivity index (χ3n) is 3.00. The highest BCUT2D eigenvalue weighted by Crippen LogP contribution is 2.00. The minimum atomic E-state index is 0.800. The molecule has 0 atom stereocenters. The van der Waals surface area contributed by atoms with E-state index in [9.17, 15) is 0 Å². The minimum Gasteiger partial charge on any atom is -0.385 e. The molecule has 1 rings (SSSR count). The molecule has 0 unspecified atom stereocenters. The van der Waals surface area contributed by atoms with Gasteiger partial charge in [-0.05, 0) is 33.0 Å². The van der Waals surface area contributed by atoms with Crippen molar-refractivity contribution in [1.82, 2.24) is 9.80 Å². The van der Waals surface area contributed by atoms with Gasteiger partial charge in [-0.15, -0.1) is 0 Å². The molecular weight excluding hydrogens is 204 g/mol. The van der Waals surface area contributed by atoms with Crippen LogP contribution in [0.15, 0.2) is 0 Å². The molecule has 1 fully saturated rings. The molecule has 1 heterocycles. The molecule has 96 valence electrons. The van der Waals surface area contributed by atoms with Crippen LogP contribution in [-0.4, -0.2) is 76.5 Å². The number of methoxy groups -OCH3 is 1. The average molecular weight is 230 g/mol. The van der Waals surface area contributed by atoms with Gasteiger partial charge in [-0.2, -0.15) is 0 Å². The van der Waals surface area contributed by atoms with E-state index in [2.05, 4.69) is 16.8 Å². The van der Waals surface area contributed by atoms with Crippen molar-refractivity contribution < 1.29 is 9.47 Å². The molecule has 1 aliphatic heterocycles. The van der Waals surface area contributed by atoms with Crippen LogP contribution in [-0.2, 0) is 9.47 Å². The summed E-state index contributed by atoms with van der Waals surface area (Å²) in [6.07, 6.45) is 2.28. The van der Waals surface area contributed by atoms with Crippen LogP contribution < -0.4 is 0 Å². The van der Waals surface area contributed by atoms with E-state index in [1.54, 1.807) is 7.11 Å². The van der Waals surface area contributed by atoms with Gasteiger partial charge in [0, 0.05) is 40.0 Å². The van der Waals surface area contributed by atoms with Gasteiger partial charge in [0.2, 0.25) is 0 Å². The van der Waals surface area contributed by atoms with E-state index in [0.29, 0.717) is 0 Å². The molecule has 0 radical (unpaired) electrons. The summed E-state index contributed by atoms with van der Waals surface area (Å²) in [7, 11) is 3.93. The summed E-state index contributed by atoms with van der Waals surface area (Å²) in [6.45, 7) is 8.35. The lowest BCUT2D eigenvalue weighted by Crippen LogP contribution is -2.31. The third-order valence-corrected chi connectivity index (χ3v) is 3.00. The van der Waals surface area contributed by atoms with E-state index in [0.717, 1.165) is 32.8 Å². The first-order chi connectivity index (χ1) is 7.83. The second-order valence-electron chi connectivity index (χ2n) is 4.46. The lowest BCUT2D eigenvalue weighted by Gasteiger charge is -2.19. The highest BCUT2D eigenvalue weighted by Gasteiger charge is 2.10. The van der Waals surface area contributed by atoms with Crippen molar-refractivity contribution in [3.05, 3.63) is 0 Å². The van der Waals surface area contributed by atoms with Gasteiger partial charge in [0.1, 0.15) is 0 Å². The van der Waals surface area contributed by atoms with Crippen LogP contribution in [0.1, 0.15) is 12.8 Å². The molecule has 0 aromatic rings. The Labute approximate surface area is 99.5 Å². The van der Waals surface area contributed by atoms with Crippen LogP contribution in [0.2, 0.25) is 0 Å². The van der Waals surface area contributed by atoms with Crippen molar-refractivity contribution >= 4 is 0 Å². The number of likely N-dealkylation sites (N-methyl/N-ethyl adjacent to an activating group) is 1. The molecule has 0 N–H and O–H groups in total. The second-order valence-corrected chi connectivity index (χ2v) is 4.46. The van der Waals surface area contributed by atoms with Gasteiger partial charge in [-0.3, -0.25) is 4.90 Å². The first-order valence-electron chi connectivity index (χ1n) is 6.30. The van der Waals surface area contributed by atoms with Gasteiger partial charge < -0.3 is 14.4 Å². The Morgan fingerprint density at radius 1 is 1.00 bits per heavy atom. The Morgan fingerprint density at radius 3 is 2.69 bits per heavy atom. The smallest absolute Gasteiger partial charge is 0.0593 e. The molecule has 0 bridgehead atoms. The number of hydrogen-bond acceptors (Lipinski definition) is 4. The van der Waals surface area contributed by atoms with E-state index in [4.69, 9.17) is 9.47 Å². The maximum atomic E-state index is 5.57. The summed E-state index contributed by atoms with van der Waals surface area (Å²) in [4.78, 5) is 4.90. The Morgan fingerprint density at radius 2 is 1.88 bits per heavy atom. The highest BCUT2D eigenvalue weighted by molar-refractivity contribution is 4.66. The predicted octanol–water partition coefficient (Wildman–Crippen LogP) is 0.677. The Hall–Kier alpha value is -0.160. The minimum absolute atomic E-state index is 0.800. The molecule has 4 heteroatoms. The highest BCUT2D eigenvalue weighted by atomic mass is 16.5. The van der Waals surface area contributed by atoms with Crippen LogP contribution in [0.4, 0.5) is 0 Å². The zero-order valence-corrected chi connectivity index (χ0v) is 10.8. The Balaban J connectivity index is 1.95. The van der Waals surface area contributed by atoms with Crippen molar-refractivity contribution in [2.45, 2.75) is 12.8 Å². The van der Waals surface area contributed by atoms with Gasteiger partial charge in [-0.25, -0.2) is 0 Å². The normalized spacial score (nSPS) is 19.9. The molecule has 16 heavy (non-hydrogen) atoms. The number of ether oxygens (including phenoxy) is 2. The zero-order valence-electron chi connectivity index (χ0n) is 10.8. The SMILES string of the molecule is COCCCOCCN1CCCN(C)CC1.